The Morgan fingerprint density at radius 3 is 0.429 bits per heavy atom. The van der Waals surface area contributed by atoms with Gasteiger partial charge < -0.3 is 14.9 Å². The Kier molecular flexibility index (Phi) is 683. The molecule has 0 heterocycles. The van der Waals surface area contributed by atoms with E-state index in [-0.39, 0.29) is 128 Å². The van der Waals surface area contributed by atoms with Gasteiger partial charge in [0.2, 0.25) is 0 Å². The van der Waals surface area contributed by atoms with E-state index in [4.69, 9.17) is 0 Å². The van der Waals surface area contributed by atoms with Gasteiger partial charge in [-0.1, -0.05) is 14.9 Å². The molecule has 0 atom stereocenters. The first-order chi connectivity index (χ1) is 0. The third-order valence-electron chi connectivity index (χ3n) is 0. The fourth-order valence-corrected chi connectivity index (χ4v) is 0. The predicted octanol–water partition coefficient (Wildman–Crippen LogP) is 2.17. The van der Waals surface area contributed by atoms with E-state index in [9.17, 15) is 0 Å². The quantitative estimate of drug-likeness (QED) is 0.598. The maximum atomic E-state index is 0. The second-order valence-corrected chi connectivity index (χ2v) is 0. The molecular weight excluding hydrogens is 315 g/mol. The average Bonchev–Trinajstić information content (AvgIpc) is 0. The van der Waals surface area contributed by atoms with E-state index in [1.165, 1.54) is 0 Å². The van der Waals surface area contributed by atoms with E-state index in [0.717, 1.165) is 0 Å². The van der Waals surface area contributed by atoms with Gasteiger partial charge in [0.25, 0.3) is 0 Å². The van der Waals surface area contributed by atoms with E-state index >= 15 is 0 Å². The van der Waals surface area contributed by atoms with Gasteiger partial charge in [-0.2, -0.15) is 0 Å². The van der Waals surface area contributed by atoms with Crippen LogP contribution >= 0.6 is 0 Å². The van der Waals surface area contributed by atoms with E-state index in [1.54, 1.807) is 0 Å². The maximum absolute atomic E-state index is 0. The van der Waals surface area contributed by atoms with Gasteiger partial charge in [0.15, 0.2) is 0 Å². The van der Waals surface area contributed by atoms with Gasteiger partial charge in [0.05, 0.1) is 0 Å². The van der Waals surface area contributed by atoms with Gasteiger partial charge in [0.1, 0.15) is 0 Å². The van der Waals surface area contributed by atoms with Crippen molar-refractivity contribution >= 4 is 0 Å². The Morgan fingerprint density at radius 2 is 0.429 bits per heavy atom. The normalized spacial score (nSPS) is 0. The first kappa shape index (κ1) is 81.5. The van der Waals surface area contributed by atoms with Crippen LogP contribution < -0.4 is 0 Å². The first-order valence-electron chi connectivity index (χ1n) is 0. The summed E-state index contributed by atoms with van der Waals surface area (Å²) in [6, 6.07) is 0. The van der Waals surface area contributed by atoms with Crippen LogP contribution in [0.25, 0.3) is 0 Å². The van der Waals surface area contributed by atoms with Crippen LogP contribution in [0.4, 0.5) is 0 Å². The zero-order valence-electron chi connectivity index (χ0n) is 3.73. The molecule has 0 fully saturated rings. The Balaban J connectivity index is 0. The third kappa shape index (κ3) is 45.4. The SMILES string of the molecule is C.C.[CH3-].[CH3-].[Y].[Y].[Y]. The van der Waals surface area contributed by atoms with E-state index in [1.807, 2.05) is 0 Å². The van der Waals surface area contributed by atoms with Gasteiger partial charge in [0, 0.05) is 98.1 Å². The molecule has 7 heavy (non-hydrogen) atoms. The van der Waals surface area contributed by atoms with Gasteiger partial charge in [-0.05, 0) is 0 Å². The van der Waals surface area contributed by atoms with Gasteiger partial charge in [-0.25, -0.2) is 0 Å². The van der Waals surface area contributed by atoms with Crippen molar-refractivity contribution < 1.29 is 98.1 Å². The standard InChI is InChI=1S/2CH4.2CH3.3Y/h2*1H4;2*1H3;;;/q;;2*-1;;;. The first-order valence-corrected chi connectivity index (χ1v) is 0. The fourth-order valence-electron chi connectivity index (χ4n) is 0. The minimum atomic E-state index is 0. The molecule has 0 aliphatic heterocycles. The summed E-state index contributed by atoms with van der Waals surface area (Å²) in [5, 5.41) is 0. The molecule has 0 aromatic heterocycles. The molecule has 0 aliphatic rings. The maximum Gasteiger partial charge on any atom is 0 e. The zero-order valence-corrected chi connectivity index (χ0v) is 12.2. The van der Waals surface area contributed by atoms with E-state index < -0.39 is 0 Å². The molecule has 0 nitrogen and oxygen atoms in total. The van der Waals surface area contributed by atoms with Crippen LogP contribution in [0.1, 0.15) is 14.9 Å². The molecule has 3 radical (unpaired) electrons. The molecule has 0 saturated heterocycles. The van der Waals surface area contributed by atoms with Crippen LogP contribution in [0, 0.1) is 14.9 Å². The van der Waals surface area contributed by atoms with E-state index in [0.29, 0.717) is 0 Å². The van der Waals surface area contributed by atoms with Crippen molar-refractivity contribution in [2.45, 2.75) is 14.9 Å². The summed E-state index contributed by atoms with van der Waals surface area (Å²) < 4.78 is 0. The largest absolute Gasteiger partial charge is 0.358 e. The number of rotatable bonds is 0. The molecule has 0 aromatic rings. The van der Waals surface area contributed by atoms with Crippen LogP contribution in [-0.2, 0) is 98.1 Å². The molecule has 0 aromatic carbocycles. The number of hydrogen-bond donors (Lipinski definition) is 0. The van der Waals surface area contributed by atoms with Gasteiger partial charge in [-0.15, -0.1) is 0 Å². The topological polar surface area (TPSA) is 0 Å². The van der Waals surface area contributed by atoms with Crippen molar-refractivity contribution in [2.75, 3.05) is 0 Å². The van der Waals surface area contributed by atoms with Crippen LogP contribution in [-0.4, -0.2) is 0 Å². The van der Waals surface area contributed by atoms with Gasteiger partial charge in [-0.3, -0.25) is 0 Å². The van der Waals surface area contributed by atoms with Crippen molar-refractivity contribution in [2.24, 2.45) is 0 Å². The second kappa shape index (κ2) is 58.7. The smallest absolute Gasteiger partial charge is 0 e. The summed E-state index contributed by atoms with van der Waals surface area (Å²) in [6.07, 6.45) is 0. The third-order valence-corrected chi connectivity index (χ3v) is 0. The zero-order chi connectivity index (χ0) is 0. The summed E-state index contributed by atoms with van der Waals surface area (Å²) in [6.45, 7) is 0. The Bertz CT molecular complexity index is 6.90. The molecule has 0 aliphatic carbocycles. The monoisotopic (exact) mass is 329 g/mol. The van der Waals surface area contributed by atoms with Crippen LogP contribution in [0.3, 0.4) is 0 Å². The van der Waals surface area contributed by atoms with Crippen molar-refractivity contribution in [1.29, 1.82) is 0 Å². The number of hydrogen-bond acceptors (Lipinski definition) is 0. The molecule has 41 valence electrons. The van der Waals surface area contributed by atoms with Crippen molar-refractivity contribution in [3.05, 3.63) is 14.9 Å². The molecule has 0 rings (SSSR count). The molecule has 3 heteroatoms. The summed E-state index contributed by atoms with van der Waals surface area (Å²) in [5.74, 6) is 0. The van der Waals surface area contributed by atoms with Crippen LogP contribution in [0.5, 0.6) is 0 Å². The molecule has 0 unspecified atom stereocenters. The summed E-state index contributed by atoms with van der Waals surface area (Å²) in [5.41, 5.74) is 0. The summed E-state index contributed by atoms with van der Waals surface area (Å²) in [4.78, 5) is 0. The van der Waals surface area contributed by atoms with Gasteiger partial charge >= 0.3 is 0 Å². The molecule has 0 spiro atoms. The predicted molar refractivity (Wildman–Crippen MR) is 26.3 cm³/mol. The Labute approximate surface area is 125 Å². The van der Waals surface area contributed by atoms with E-state index in [2.05, 4.69) is 0 Å². The Hall–Kier alpha value is 3.31. The fraction of sp³-hybridized carbons (Fsp3) is 0.500. The molecule has 0 bridgehead atoms. The summed E-state index contributed by atoms with van der Waals surface area (Å²) >= 11 is 0. The molecule has 0 saturated carbocycles. The molecule has 0 N–H and O–H groups in total. The second-order valence-electron chi connectivity index (χ2n) is 0. The van der Waals surface area contributed by atoms with Crippen LogP contribution in [0.2, 0.25) is 0 Å². The van der Waals surface area contributed by atoms with Crippen LogP contribution in [0.15, 0.2) is 0 Å². The van der Waals surface area contributed by atoms with Crippen molar-refractivity contribution in [3.8, 4) is 0 Å². The minimum Gasteiger partial charge on any atom is -0.358 e. The van der Waals surface area contributed by atoms with Crippen molar-refractivity contribution in [3.63, 3.8) is 0 Å². The minimum absolute atomic E-state index is 0. The summed E-state index contributed by atoms with van der Waals surface area (Å²) in [7, 11) is 0. The van der Waals surface area contributed by atoms with Crippen molar-refractivity contribution in [1.82, 2.24) is 0 Å². The average molecular weight is 329 g/mol. The molecular formula is C4H14Y3-2. The molecule has 0 amide bonds. The Morgan fingerprint density at radius 1 is 0.429 bits per heavy atom.